The Morgan fingerprint density at radius 3 is 1.47 bits per heavy atom. The summed E-state index contributed by atoms with van der Waals surface area (Å²) in [6.45, 7) is 0. The number of anilines is 6. The van der Waals surface area contributed by atoms with Crippen molar-refractivity contribution in [1.29, 1.82) is 0 Å². The Morgan fingerprint density at radius 1 is 0.300 bits per heavy atom. The van der Waals surface area contributed by atoms with Gasteiger partial charge in [0.15, 0.2) is 0 Å². The third-order valence-corrected chi connectivity index (χ3v) is 11.8. The zero-order chi connectivity index (χ0) is 39.6. The molecule has 0 bridgehead atoms. The molecule has 0 aliphatic carbocycles. The van der Waals surface area contributed by atoms with Crippen LogP contribution in [0.3, 0.4) is 0 Å². The predicted molar refractivity (Wildman–Crippen MR) is 249 cm³/mol. The predicted octanol–water partition coefficient (Wildman–Crippen LogP) is 16.3. The Morgan fingerprint density at radius 2 is 0.833 bits per heavy atom. The van der Waals surface area contributed by atoms with Gasteiger partial charge in [0, 0.05) is 68.0 Å². The molecule has 0 fully saturated rings. The fourth-order valence-electron chi connectivity index (χ4n) is 9.02. The van der Waals surface area contributed by atoms with Crippen LogP contribution in [0.5, 0.6) is 11.5 Å². The van der Waals surface area contributed by atoms with E-state index in [4.69, 9.17) is 9.15 Å². The van der Waals surface area contributed by atoms with Crippen LogP contribution < -0.4 is 14.5 Å². The molecule has 2 heterocycles. The van der Waals surface area contributed by atoms with Gasteiger partial charge in [0.2, 0.25) is 0 Å². The average molecular weight is 769 g/mol. The quantitative estimate of drug-likeness (QED) is 0.151. The third-order valence-electron chi connectivity index (χ3n) is 11.8. The first-order chi connectivity index (χ1) is 29.7. The zero-order valence-corrected chi connectivity index (χ0v) is 32.5. The Bertz CT molecular complexity index is 3320. The van der Waals surface area contributed by atoms with E-state index < -0.39 is 0 Å². The molecule has 4 heteroatoms. The summed E-state index contributed by atoms with van der Waals surface area (Å²) in [5, 5.41) is 6.88. The van der Waals surface area contributed by atoms with E-state index in [-0.39, 0.29) is 0 Å². The van der Waals surface area contributed by atoms with E-state index in [0.717, 1.165) is 89.6 Å². The van der Waals surface area contributed by atoms with E-state index in [2.05, 4.69) is 216 Å². The molecule has 0 amide bonds. The summed E-state index contributed by atoms with van der Waals surface area (Å²) in [5.74, 6) is 1.71. The molecular weight excluding hydrogens is 733 g/mol. The lowest BCUT2D eigenvalue weighted by Crippen LogP contribution is -2.10. The molecule has 0 N–H and O–H groups in total. The summed E-state index contributed by atoms with van der Waals surface area (Å²) < 4.78 is 13.4. The van der Waals surface area contributed by atoms with Gasteiger partial charge < -0.3 is 19.0 Å². The summed E-state index contributed by atoms with van der Waals surface area (Å²) in [6, 6.07) is 77.1. The highest BCUT2D eigenvalue weighted by Crippen LogP contribution is 2.51. The summed E-state index contributed by atoms with van der Waals surface area (Å²) in [7, 11) is 0. The van der Waals surface area contributed by atoms with Gasteiger partial charge >= 0.3 is 0 Å². The van der Waals surface area contributed by atoms with Crippen molar-refractivity contribution < 1.29 is 9.15 Å². The molecule has 0 saturated heterocycles. The van der Waals surface area contributed by atoms with Crippen molar-refractivity contribution in [3.63, 3.8) is 0 Å². The zero-order valence-electron chi connectivity index (χ0n) is 32.5. The topological polar surface area (TPSA) is 28.9 Å². The van der Waals surface area contributed by atoms with Crippen molar-refractivity contribution in [3.05, 3.63) is 218 Å². The maximum absolute atomic E-state index is 6.78. The molecule has 60 heavy (non-hydrogen) atoms. The summed E-state index contributed by atoms with van der Waals surface area (Å²) in [5.41, 5.74) is 12.7. The minimum absolute atomic E-state index is 0.847. The number of hydrogen-bond donors (Lipinski definition) is 0. The van der Waals surface area contributed by atoms with Crippen molar-refractivity contribution in [2.45, 2.75) is 0 Å². The lowest BCUT2D eigenvalue weighted by atomic mass is 9.89. The van der Waals surface area contributed by atoms with Gasteiger partial charge in [0.05, 0.1) is 0 Å². The number of nitrogens with zero attached hydrogens (tertiary/aromatic N) is 2. The van der Waals surface area contributed by atoms with Gasteiger partial charge in [-0.05, 0) is 136 Å². The number of hydrogen-bond acceptors (Lipinski definition) is 4. The van der Waals surface area contributed by atoms with E-state index in [1.807, 2.05) is 12.1 Å². The standard InChI is InChI=1S/C56H36N2O2/c1-5-14-40(15-6-1)57(41-16-7-2-8-17-41)44-27-30-47-46-29-26-38(34-53(46)60-54(47)35-44)37-24-25-39-33-51-48-31-28-45(58(42-18-9-3-10-19-42)43-20-11-4-12-21-43)36-55(48)59-52-23-13-22-49(56(51)52)50(39)32-37/h1-36H. The largest absolute Gasteiger partial charge is 0.456 e. The molecule has 10 aromatic carbocycles. The average Bonchev–Trinajstić information content (AvgIpc) is 3.68. The van der Waals surface area contributed by atoms with Crippen molar-refractivity contribution in [2.75, 3.05) is 9.80 Å². The lowest BCUT2D eigenvalue weighted by Gasteiger charge is -2.28. The molecule has 0 spiro atoms. The molecule has 0 atom stereocenters. The molecule has 11 aromatic rings. The molecule has 0 radical (unpaired) electrons. The Labute approximate surface area is 347 Å². The van der Waals surface area contributed by atoms with Crippen LogP contribution in [0.4, 0.5) is 34.1 Å². The van der Waals surface area contributed by atoms with Crippen LogP contribution in [-0.2, 0) is 0 Å². The fraction of sp³-hybridized carbons (Fsp3) is 0. The molecular formula is C56H36N2O2. The molecule has 1 aromatic heterocycles. The van der Waals surface area contributed by atoms with Crippen LogP contribution >= 0.6 is 0 Å². The van der Waals surface area contributed by atoms with Gasteiger partial charge in [-0.1, -0.05) is 103 Å². The first kappa shape index (κ1) is 34.0. The normalized spacial score (nSPS) is 11.8. The maximum Gasteiger partial charge on any atom is 0.137 e. The van der Waals surface area contributed by atoms with Gasteiger partial charge in [-0.2, -0.15) is 0 Å². The molecule has 282 valence electrons. The Kier molecular flexibility index (Phi) is 7.82. The van der Waals surface area contributed by atoms with E-state index in [0.29, 0.717) is 0 Å². The molecule has 0 saturated carbocycles. The summed E-state index contributed by atoms with van der Waals surface area (Å²) >= 11 is 0. The minimum Gasteiger partial charge on any atom is -0.456 e. The minimum atomic E-state index is 0.847. The third kappa shape index (κ3) is 5.61. The maximum atomic E-state index is 6.78. The Hall–Kier alpha value is -8.08. The van der Waals surface area contributed by atoms with Crippen LogP contribution in [0, 0.1) is 0 Å². The highest BCUT2D eigenvalue weighted by atomic mass is 16.5. The van der Waals surface area contributed by atoms with Crippen molar-refractivity contribution in [2.24, 2.45) is 0 Å². The highest BCUT2D eigenvalue weighted by Gasteiger charge is 2.24. The Balaban J connectivity index is 0.925. The second-order valence-corrected chi connectivity index (χ2v) is 15.3. The van der Waals surface area contributed by atoms with E-state index in [1.165, 1.54) is 21.7 Å². The molecule has 0 unspecified atom stereocenters. The first-order valence-corrected chi connectivity index (χ1v) is 20.3. The number of para-hydroxylation sites is 4. The monoisotopic (exact) mass is 768 g/mol. The van der Waals surface area contributed by atoms with Crippen LogP contribution in [0.25, 0.3) is 65.7 Å². The van der Waals surface area contributed by atoms with Crippen LogP contribution in [0.2, 0.25) is 0 Å². The van der Waals surface area contributed by atoms with Gasteiger partial charge in [0.25, 0.3) is 0 Å². The number of benzene rings is 10. The lowest BCUT2D eigenvalue weighted by molar-refractivity contribution is 0.487. The number of ether oxygens (including phenoxy) is 1. The van der Waals surface area contributed by atoms with Crippen molar-refractivity contribution in [3.8, 4) is 33.8 Å². The van der Waals surface area contributed by atoms with Crippen LogP contribution in [0.15, 0.2) is 223 Å². The van der Waals surface area contributed by atoms with E-state index in [1.54, 1.807) is 0 Å². The van der Waals surface area contributed by atoms with Gasteiger partial charge in [-0.3, -0.25) is 0 Å². The second kappa shape index (κ2) is 13.8. The van der Waals surface area contributed by atoms with E-state index in [9.17, 15) is 0 Å². The fourth-order valence-corrected chi connectivity index (χ4v) is 9.02. The molecule has 1 aliphatic rings. The number of rotatable bonds is 7. The van der Waals surface area contributed by atoms with E-state index >= 15 is 0 Å². The van der Waals surface area contributed by atoms with Gasteiger partial charge in [-0.25, -0.2) is 0 Å². The SMILES string of the molecule is c1ccc(N(c2ccccc2)c2ccc3c(c2)Oc2cccc4c2c-3cc2ccc(-c3ccc5c(c3)oc3cc(N(c6ccccc6)c6ccccc6)ccc35)cc24)cc1. The van der Waals surface area contributed by atoms with Gasteiger partial charge in [-0.15, -0.1) is 0 Å². The van der Waals surface area contributed by atoms with Crippen LogP contribution in [0.1, 0.15) is 0 Å². The highest BCUT2D eigenvalue weighted by molar-refractivity contribution is 6.18. The first-order valence-electron chi connectivity index (χ1n) is 20.3. The molecule has 12 rings (SSSR count). The van der Waals surface area contributed by atoms with Crippen molar-refractivity contribution in [1.82, 2.24) is 0 Å². The summed E-state index contributed by atoms with van der Waals surface area (Å²) in [4.78, 5) is 4.53. The summed E-state index contributed by atoms with van der Waals surface area (Å²) in [6.07, 6.45) is 0. The second-order valence-electron chi connectivity index (χ2n) is 15.3. The van der Waals surface area contributed by atoms with Crippen LogP contribution in [-0.4, -0.2) is 0 Å². The molecule has 1 aliphatic heterocycles. The smallest absolute Gasteiger partial charge is 0.137 e. The van der Waals surface area contributed by atoms with Crippen molar-refractivity contribution >= 4 is 77.6 Å². The van der Waals surface area contributed by atoms with Gasteiger partial charge in [0.1, 0.15) is 22.7 Å². The number of furan rings is 1. The molecule has 4 nitrogen and oxygen atoms in total. The number of fused-ring (bicyclic) bond motifs is 7.